The smallest absolute Gasteiger partial charge is 0.326 e. The van der Waals surface area contributed by atoms with Crippen LogP contribution in [0.25, 0.3) is 0 Å². The monoisotopic (exact) mass is 171 g/mol. The molecule has 0 bridgehead atoms. The van der Waals surface area contributed by atoms with E-state index in [-0.39, 0.29) is 5.97 Å². The standard InChI is InChI=1S/C9H17NO2/c1-6(2)7-4-5-9(7,10)8(11)12-3/h6-7H,4-5,10H2,1-3H3/t7-,9-/m0/s1. The summed E-state index contributed by atoms with van der Waals surface area (Å²) in [4.78, 5) is 11.3. The Morgan fingerprint density at radius 3 is 2.50 bits per heavy atom. The van der Waals surface area contributed by atoms with Gasteiger partial charge in [-0.2, -0.15) is 0 Å². The number of carbonyl (C=O) groups is 1. The number of hydrogen-bond acceptors (Lipinski definition) is 3. The molecule has 1 aliphatic rings. The molecule has 0 spiro atoms. The SMILES string of the molecule is COC(=O)[C@]1(N)CC[C@H]1C(C)C. The summed E-state index contributed by atoms with van der Waals surface area (Å²) in [5, 5.41) is 0. The Labute approximate surface area is 73.3 Å². The van der Waals surface area contributed by atoms with Gasteiger partial charge in [-0.25, -0.2) is 0 Å². The zero-order valence-electron chi connectivity index (χ0n) is 7.96. The highest BCUT2D eigenvalue weighted by Gasteiger charge is 2.51. The Bertz CT molecular complexity index is 191. The van der Waals surface area contributed by atoms with Crippen molar-refractivity contribution in [2.75, 3.05) is 7.11 Å². The predicted molar refractivity (Wildman–Crippen MR) is 46.5 cm³/mol. The molecule has 2 atom stereocenters. The van der Waals surface area contributed by atoms with E-state index in [0.29, 0.717) is 11.8 Å². The van der Waals surface area contributed by atoms with Gasteiger partial charge in [-0.15, -0.1) is 0 Å². The summed E-state index contributed by atoms with van der Waals surface area (Å²) in [6, 6.07) is 0. The fourth-order valence-electron chi connectivity index (χ4n) is 1.99. The van der Waals surface area contributed by atoms with E-state index in [2.05, 4.69) is 18.6 Å². The summed E-state index contributed by atoms with van der Waals surface area (Å²) < 4.78 is 4.67. The van der Waals surface area contributed by atoms with Gasteiger partial charge in [-0.1, -0.05) is 13.8 Å². The van der Waals surface area contributed by atoms with E-state index in [0.717, 1.165) is 12.8 Å². The Morgan fingerprint density at radius 1 is 1.67 bits per heavy atom. The quantitative estimate of drug-likeness (QED) is 0.629. The second-order valence-electron chi connectivity index (χ2n) is 3.92. The Balaban J connectivity index is 2.66. The first kappa shape index (κ1) is 9.52. The van der Waals surface area contributed by atoms with E-state index >= 15 is 0 Å². The Hall–Kier alpha value is -0.570. The molecule has 1 aliphatic carbocycles. The minimum Gasteiger partial charge on any atom is -0.468 e. The van der Waals surface area contributed by atoms with Gasteiger partial charge < -0.3 is 10.5 Å². The lowest BCUT2D eigenvalue weighted by Crippen LogP contribution is -2.62. The molecule has 0 unspecified atom stereocenters. The first-order chi connectivity index (χ1) is 5.52. The molecule has 0 heterocycles. The Morgan fingerprint density at radius 2 is 2.25 bits per heavy atom. The molecule has 12 heavy (non-hydrogen) atoms. The highest BCUT2D eigenvalue weighted by molar-refractivity contribution is 5.82. The molecular weight excluding hydrogens is 154 g/mol. The number of esters is 1. The van der Waals surface area contributed by atoms with Crippen LogP contribution in [0.3, 0.4) is 0 Å². The molecule has 0 saturated heterocycles. The molecule has 0 aromatic heterocycles. The largest absolute Gasteiger partial charge is 0.468 e. The van der Waals surface area contributed by atoms with Gasteiger partial charge >= 0.3 is 5.97 Å². The van der Waals surface area contributed by atoms with Crippen LogP contribution in [-0.2, 0) is 9.53 Å². The third-order valence-electron chi connectivity index (χ3n) is 2.90. The predicted octanol–water partition coefficient (Wildman–Crippen LogP) is 0.923. The number of hydrogen-bond donors (Lipinski definition) is 1. The minimum absolute atomic E-state index is 0.257. The van der Waals surface area contributed by atoms with Gasteiger partial charge in [0.05, 0.1) is 7.11 Å². The van der Waals surface area contributed by atoms with Crippen LogP contribution in [0.5, 0.6) is 0 Å². The van der Waals surface area contributed by atoms with Gasteiger partial charge in [0.25, 0.3) is 0 Å². The highest BCUT2D eigenvalue weighted by Crippen LogP contribution is 2.41. The maximum atomic E-state index is 11.3. The Kier molecular flexibility index (Phi) is 2.42. The summed E-state index contributed by atoms with van der Waals surface area (Å²) in [5.74, 6) is 0.500. The van der Waals surface area contributed by atoms with Gasteiger partial charge in [0.2, 0.25) is 0 Å². The first-order valence-corrected chi connectivity index (χ1v) is 4.39. The van der Waals surface area contributed by atoms with Crippen molar-refractivity contribution in [3.63, 3.8) is 0 Å². The van der Waals surface area contributed by atoms with E-state index in [9.17, 15) is 4.79 Å². The lowest BCUT2D eigenvalue weighted by atomic mass is 9.62. The highest BCUT2D eigenvalue weighted by atomic mass is 16.5. The molecule has 0 aromatic carbocycles. The lowest BCUT2D eigenvalue weighted by Gasteiger charge is -2.46. The van der Waals surface area contributed by atoms with Gasteiger partial charge in [-0.05, 0) is 24.7 Å². The zero-order chi connectivity index (χ0) is 9.35. The molecule has 0 aromatic rings. The second-order valence-corrected chi connectivity index (χ2v) is 3.92. The molecule has 1 fully saturated rings. The van der Waals surface area contributed by atoms with Gasteiger partial charge in [0.1, 0.15) is 5.54 Å². The zero-order valence-corrected chi connectivity index (χ0v) is 7.96. The average Bonchev–Trinajstić information content (AvgIpc) is 1.98. The third-order valence-corrected chi connectivity index (χ3v) is 2.90. The molecule has 0 radical (unpaired) electrons. The van der Waals surface area contributed by atoms with Crippen LogP contribution >= 0.6 is 0 Å². The fraction of sp³-hybridized carbons (Fsp3) is 0.889. The van der Waals surface area contributed by atoms with Crippen molar-refractivity contribution in [2.24, 2.45) is 17.6 Å². The lowest BCUT2D eigenvalue weighted by molar-refractivity contribution is -0.155. The fourth-order valence-corrected chi connectivity index (χ4v) is 1.99. The van der Waals surface area contributed by atoms with Crippen molar-refractivity contribution >= 4 is 5.97 Å². The van der Waals surface area contributed by atoms with Crippen LogP contribution in [0.15, 0.2) is 0 Å². The summed E-state index contributed by atoms with van der Waals surface area (Å²) in [6.07, 6.45) is 1.81. The summed E-state index contributed by atoms with van der Waals surface area (Å²) >= 11 is 0. The molecule has 3 heteroatoms. The number of nitrogens with two attached hydrogens (primary N) is 1. The van der Waals surface area contributed by atoms with Crippen LogP contribution in [0.1, 0.15) is 26.7 Å². The normalized spacial score (nSPS) is 34.6. The van der Waals surface area contributed by atoms with Crippen LogP contribution in [0, 0.1) is 11.8 Å². The van der Waals surface area contributed by atoms with Crippen molar-refractivity contribution in [2.45, 2.75) is 32.2 Å². The molecule has 1 saturated carbocycles. The molecule has 0 amide bonds. The van der Waals surface area contributed by atoms with E-state index in [4.69, 9.17) is 5.73 Å². The molecular formula is C9H17NO2. The molecule has 70 valence electrons. The molecule has 0 aliphatic heterocycles. The van der Waals surface area contributed by atoms with Crippen molar-refractivity contribution in [1.82, 2.24) is 0 Å². The molecule has 2 N–H and O–H groups in total. The van der Waals surface area contributed by atoms with Crippen LogP contribution < -0.4 is 5.73 Å². The number of ether oxygens (including phenoxy) is 1. The van der Waals surface area contributed by atoms with E-state index in [1.807, 2.05) is 0 Å². The first-order valence-electron chi connectivity index (χ1n) is 4.39. The van der Waals surface area contributed by atoms with Crippen LogP contribution in [-0.4, -0.2) is 18.6 Å². The number of carbonyl (C=O) groups excluding carboxylic acids is 1. The van der Waals surface area contributed by atoms with Gasteiger partial charge in [0.15, 0.2) is 0 Å². The van der Waals surface area contributed by atoms with Crippen molar-refractivity contribution in [3.8, 4) is 0 Å². The van der Waals surface area contributed by atoms with Gasteiger partial charge in [-0.3, -0.25) is 4.79 Å². The van der Waals surface area contributed by atoms with Crippen molar-refractivity contribution in [1.29, 1.82) is 0 Å². The van der Waals surface area contributed by atoms with E-state index in [1.54, 1.807) is 0 Å². The summed E-state index contributed by atoms with van der Waals surface area (Å²) in [5.41, 5.74) is 5.24. The maximum Gasteiger partial charge on any atom is 0.326 e. The summed E-state index contributed by atoms with van der Waals surface area (Å²) in [6.45, 7) is 4.18. The van der Waals surface area contributed by atoms with E-state index in [1.165, 1.54) is 7.11 Å². The number of rotatable bonds is 2. The van der Waals surface area contributed by atoms with Crippen molar-refractivity contribution < 1.29 is 9.53 Å². The number of methoxy groups -OCH3 is 1. The van der Waals surface area contributed by atoms with Gasteiger partial charge in [0, 0.05) is 0 Å². The third kappa shape index (κ3) is 1.22. The van der Waals surface area contributed by atoms with E-state index < -0.39 is 5.54 Å². The second kappa shape index (κ2) is 3.05. The maximum absolute atomic E-state index is 11.3. The molecule has 3 nitrogen and oxygen atoms in total. The molecule has 1 rings (SSSR count). The average molecular weight is 171 g/mol. The van der Waals surface area contributed by atoms with Crippen LogP contribution in [0.2, 0.25) is 0 Å². The minimum atomic E-state index is -0.692. The topological polar surface area (TPSA) is 52.3 Å². The van der Waals surface area contributed by atoms with Crippen LogP contribution in [0.4, 0.5) is 0 Å². The van der Waals surface area contributed by atoms with Crippen molar-refractivity contribution in [3.05, 3.63) is 0 Å². The summed E-state index contributed by atoms with van der Waals surface area (Å²) in [7, 11) is 1.40.